The van der Waals surface area contributed by atoms with Crippen molar-refractivity contribution in [3.05, 3.63) is 29.8 Å². The fourth-order valence-electron chi connectivity index (χ4n) is 3.88. The fourth-order valence-corrected chi connectivity index (χ4v) is 3.88. The normalized spacial score (nSPS) is 21.4. The van der Waals surface area contributed by atoms with Gasteiger partial charge in [-0.1, -0.05) is 24.6 Å². The Labute approximate surface area is 140 Å². The molecule has 2 aliphatic rings. The molecule has 1 aromatic carbocycles. The van der Waals surface area contributed by atoms with Crippen LogP contribution in [-0.4, -0.2) is 55.7 Å². The highest BCUT2D eigenvalue weighted by molar-refractivity contribution is 5.36. The summed E-state index contributed by atoms with van der Waals surface area (Å²) < 4.78 is 6.15. The quantitative estimate of drug-likeness (QED) is 0.839. The van der Waals surface area contributed by atoms with Crippen LogP contribution in [0.3, 0.4) is 0 Å². The van der Waals surface area contributed by atoms with Crippen molar-refractivity contribution in [1.82, 2.24) is 9.80 Å². The third-order valence-electron chi connectivity index (χ3n) is 5.20. The molecule has 0 spiro atoms. The van der Waals surface area contributed by atoms with Gasteiger partial charge in [-0.15, -0.1) is 0 Å². The largest absolute Gasteiger partial charge is 0.492 e. The fraction of sp³-hybridized carbons (Fsp3) is 0.684. The van der Waals surface area contributed by atoms with Gasteiger partial charge in [0.1, 0.15) is 12.4 Å². The summed E-state index contributed by atoms with van der Waals surface area (Å²) in [5.41, 5.74) is 7.39. The van der Waals surface area contributed by atoms with Crippen molar-refractivity contribution < 1.29 is 4.74 Å². The van der Waals surface area contributed by atoms with Gasteiger partial charge in [0.25, 0.3) is 0 Å². The first-order valence-electron chi connectivity index (χ1n) is 9.26. The van der Waals surface area contributed by atoms with Crippen LogP contribution in [0.4, 0.5) is 0 Å². The van der Waals surface area contributed by atoms with Crippen LogP contribution < -0.4 is 10.5 Å². The van der Waals surface area contributed by atoms with Crippen LogP contribution in [0.5, 0.6) is 5.75 Å². The molecular formula is C19H31N3O. The van der Waals surface area contributed by atoms with Gasteiger partial charge in [-0.05, 0) is 57.9 Å². The third-order valence-corrected chi connectivity index (χ3v) is 5.20. The molecule has 128 valence electrons. The van der Waals surface area contributed by atoms with E-state index in [1.807, 2.05) is 0 Å². The van der Waals surface area contributed by atoms with E-state index in [1.54, 1.807) is 0 Å². The number of nitrogens with two attached hydrogens (primary N) is 1. The number of benzene rings is 1. The van der Waals surface area contributed by atoms with Crippen LogP contribution in [-0.2, 0) is 0 Å². The summed E-state index contributed by atoms with van der Waals surface area (Å²) in [6.45, 7) is 7.23. The lowest BCUT2D eigenvalue weighted by atomic mass is 10.0. The van der Waals surface area contributed by atoms with Gasteiger partial charge in [0.2, 0.25) is 0 Å². The number of ether oxygens (including phenoxy) is 1. The smallest absolute Gasteiger partial charge is 0.124 e. The number of nitrogens with zero attached hydrogens (tertiary/aromatic N) is 2. The Morgan fingerprint density at radius 2 is 1.65 bits per heavy atom. The predicted molar refractivity (Wildman–Crippen MR) is 94.8 cm³/mol. The zero-order valence-electron chi connectivity index (χ0n) is 14.3. The highest BCUT2D eigenvalue weighted by atomic mass is 16.5. The average molecular weight is 317 g/mol. The molecule has 1 unspecified atom stereocenters. The molecule has 1 aromatic rings. The highest BCUT2D eigenvalue weighted by Gasteiger charge is 2.23. The molecule has 2 heterocycles. The summed E-state index contributed by atoms with van der Waals surface area (Å²) in [6, 6.07) is 8.76. The first kappa shape index (κ1) is 16.7. The molecule has 4 heteroatoms. The average Bonchev–Trinajstić information content (AvgIpc) is 3.11. The molecule has 23 heavy (non-hydrogen) atoms. The number of hydrogen-bond donors (Lipinski definition) is 1. The summed E-state index contributed by atoms with van der Waals surface area (Å²) in [5, 5.41) is 0. The van der Waals surface area contributed by atoms with E-state index in [9.17, 15) is 0 Å². The number of piperidine rings is 1. The van der Waals surface area contributed by atoms with E-state index < -0.39 is 0 Å². The first-order chi connectivity index (χ1) is 11.4. The van der Waals surface area contributed by atoms with E-state index in [0.717, 1.165) is 32.0 Å². The SMILES string of the molecule is NCC(c1ccccc1OCCN1CCCC1)N1CCCCC1. The molecule has 0 aromatic heterocycles. The van der Waals surface area contributed by atoms with Crippen LogP contribution in [0.1, 0.15) is 43.7 Å². The van der Waals surface area contributed by atoms with Crippen molar-refractivity contribution in [3.8, 4) is 5.75 Å². The van der Waals surface area contributed by atoms with E-state index in [0.29, 0.717) is 12.6 Å². The van der Waals surface area contributed by atoms with Crippen molar-refractivity contribution in [2.24, 2.45) is 5.73 Å². The standard InChI is InChI=1S/C19H31N3O/c20-16-18(22-12-4-1-5-13-22)17-8-2-3-9-19(17)23-15-14-21-10-6-7-11-21/h2-3,8-9,18H,1,4-7,10-16,20H2. The minimum Gasteiger partial charge on any atom is -0.492 e. The van der Waals surface area contributed by atoms with Crippen molar-refractivity contribution in [1.29, 1.82) is 0 Å². The predicted octanol–water partition coefficient (Wildman–Crippen LogP) is 2.65. The Morgan fingerprint density at radius 1 is 0.957 bits per heavy atom. The molecule has 1 atom stereocenters. The van der Waals surface area contributed by atoms with Crippen LogP contribution in [0, 0.1) is 0 Å². The van der Waals surface area contributed by atoms with Gasteiger partial charge in [0.05, 0.1) is 6.04 Å². The molecule has 0 aliphatic carbocycles. The molecule has 0 saturated carbocycles. The van der Waals surface area contributed by atoms with Gasteiger partial charge in [-0.25, -0.2) is 0 Å². The maximum Gasteiger partial charge on any atom is 0.124 e. The van der Waals surface area contributed by atoms with Gasteiger partial charge < -0.3 is 10.5 Å². The Morgan fingerprint density at radius 3 is 2.39 bits per heavy atom. The molecular weight excluding hydrogens is 286 g/mol. The number of para-hydroxylation sites is 1. The minimum absolute atomic E-state index is 0.290. The van der Waals surface area contributed by atoms with Gasteiger partial charge in [-0.3, -0.25) is 9.80 Å². The molecule has 2 fully saturated rings. The molecule has 3 rings (SSSR count). The van der Waals surface area contributed by atoms with E-state index in [1.165, 1.54) is 50.8 Å². The van der Waals surface area contributed by atoms with Crippen molar-refractivity contribution in [3.63, 3.8) is 0 Å². The molecule has 2 N–H and O–H groups in total. The molecule has 0 amide bonds. The van der Waals surface area contributed by atoms with Crippen LogP contribution in [0.15, 0.2) is 24.3 Å². The van der Waals surface area contributed by atoms with Gasteiger partial charge in [0.15, 0.2) is 0 Å². The summed E-state index contributed by atoms with van der Waals surface area (Å²) >= 11 is 0. The first-order valence-corrected chi connectivity index (χ1v) is 9.26. The van der Waals surface area contributed by atoms with E-state index in [2.05, 4.69) is 34.1 Å². The van der Waals surface area contributed by atoms with Crippen molar-refractivity contribution in [2.75, 3.05) is 45.9 Å². The van der Waals surface area contributed by atoms with Gasteiger partial charge in [-0.2, -0.15) is 0 Å². The second-order valence-electron chi connectivity index (χ2n) is 6.78. The van der Waals surface area contributed by atoms with Crippen LogP contribution >= 0.6 is 0 Å². The molecule has 2 saturated heterocycles. The van der Waals surface area contributed by atoms with Crippen molar-refractivity contribution >= 4 is 0 Å². The summed E-state index contributed by atoms with van der Waals surface area (Å²) in [5.74, 6) is 1.02. The number of hydrogen-bond acceptors (Lipinski definition) is 4. The number of likely N-dealkylation sites (tertiary alicyclic amines) is 2. The lowest BCUT2D eigenvalue weighted by Crippen LogP contribution is -2.37. The molecule has 0 radical (unpaired) electrons. The van der Waals surface area contributed by atoms with E-state index >= 15 is 0 Å². The zero-order valence-corrected chi connectivity index (χ0v) is 14.3. The van der Waals surface area contributed by atoms with Gasteiger partial charge in [0, 0.05) is 18.7 Å². The lowest BCUT2D eigenvalue weighted by Gasteiger charge is -2.34. The van der Waals surface area contributed by atoms with Gasteiger partial charge >= 0.3 is 0 Å². The van der Waals surface area contributed by atoms with Crippen molar-refractivity contribution in [2.45, 2.75) is 38.1 Å². The molecule has 0 bridgehead atoms. The van der Waals surface area contributed by atoms with E-state index in [-0.39, 0.29) is 0 Å². The molecule has 2 aliphatic heterocycles. The molecule has 4 nitrogen and oxygen atoms in total. The highest BCUT2D eigenvalue weighted by Crippen LogP contribution is 2.30. The summed E-state index contributed by atoms with van der Waals surface area (Å²) in [4.78, 5) is 5.03. The van der Waals surface area contributed by atoms with Crippen LogP contribution in [0.25, 0.3) is 0 Å². The maximum absolute atomic E-state index is 6.15. The van der Waals surface area contributed by atoms with Crippen LogP contribution in [0.2, 0.25) is 0 Å². The lowest BCUT2D eigenvalue weighted by molar-refractivity contribution is 0.162. The maximum atomic E-state index is 6.15. The number of rotatable bonds is 7. The topological polar surface area (TPSA) is 41.7 Å². The summed E-state index contributed by atoms with van der Waals surface area (Å²) in [6.07, 6.45) is 6.59. The zero-order chi connectivity index (χ0) is 15.9. The Bertz CT molecular complexity index is 467. The second-order valence-corrected chi connectivity index (χ2v) is 6.78. The Kier molecular flexibility index (Phi) is 6.31. The van der Waals surface area contributed by atoms with E-state index in [4.69, 9.17) is 10.5 Å². The monoisotopic (exact) mass is 317 g/mol. The second kappa shape index (κ2) is 8.67. The third kappa shape index (κ3) is 4.46. The Hall–Kier alpha value is -1.10. The minimum atomic E-state index is 0.290. The summed E-state index contributed by atoms with van der Waals surface area (Å²) in [7, 11) is 0. The Balaban J connectivity index is 1.63.